The molecule has 0 saturated heterocycles. The number of nitrogens with one attached hydrogen (secondary N) is 2. The first-order valence-electron chi connectivity index (χ1n) is 12.9. The number of thioether (sulfide) groups is 1. The third kappa shape index (κ3) is 7.80. The van der Waals surface area contributed by atoms with E-state index in [0.717, 1.165) is 23.3 Å². The van der Waals surface area contributed by atoms with Gasteiger partial charge in [0, 0.05) is 16.3 Å². The lowest BCUT2D eigenvalue weighted by molar-refractivity contribution is -0.115. The van der Waals surface area contributed by atoms with Crippen molar-refractivity contribution in [3.05, 3.63) is 126 Å². The molecule has 0 radical (unpaired) electrons. The molecule has 0 spiro atoms. The van der Waals surface area contributed by atoms with Gasteiger partial charge in [-0.15, -0.1) is 11.8 Å². The minimum atomic E-state index is -0.592. The molecule has 0 saturated carbocycles. The van der Waals surface area contributed by atoms with Crippen LogP contribution in [0.2, 0.25) is 0 Å². The van der Waals surface area contributed by atoms with E-state index < -0.39 is 22.9 Å². The van der Waals surface area contributed by atoms with Gasteiger partial charge in [-0.05, 0) is 72.6 Å². The summed E-state index contributed by atoms with van der Waals surface area (Å²) < 4.78 is 19.2. The van der Waals surface area contributed by atoms with E-state index in [0.29, 0.717) is 23.5 Å². The molecule has 4 aromatic carbocycles. The highest BCUT2D eigenvalue weighted by molar-refractivity contribution is 8.00. The summed E-state index contributed by atoms with van der Waals surface area (Å²) in [6, 6.07) is 28.8. The van der Waals surface area contributed by atoms with Crippen LogP contribution < -0.4 is 10.6 Å². The summed E-state index contributed by atoms with van der Waals surface area (Å²) in [4.78, 5) is 38.8. The van der Waals surface area contributed by atoms with Crippen molar-refractivity contribution in [1.29, 1.82) is 0 Å². The highest BCUT2D eigenvalue weighted by atomic mass is 32.2. The molecule has 1 unspecified atom stereocenters. The number of halogens is 1. The van der Waals surface area contributed by atoms with Gasteiger partial charge in [-0.1, -0.05) is 55.8 Å². The monoisotopic (exact) mass is 556 g/mol. The van der Waals surface area contributed by atoms with Gasteiger partial charge in [0.25, 0.3) is 5.91 Å². The number of hydrogen-bond donors (Lipinski definition) is 2. The fourth-order valence-electron chi connectivity index (χ4n) is 3.79. The van der Waals surface area contributed by atoms with E-state index in [4.69, 9.17) is 4.74 Å². The first kappa shape index (κ1) is 28.6. The molecule has 6 nitrogen and oxygen atoms in total. The Hall–Kier alpha value is -4.43. The number of amides is 2. The quantitative estimate of drug-likeness (QED) is 0.113. The Morgan fingerprint density at radius 2 is 1.43 bits per heavy atom. The molecule has 0 aromatic heterocycles. The zero-order valence-corrected chi connectivity index (χ0v) is 22.7. The van der Waals surface area contributed by atoms with E-state index >= 15 is 0 Å². The molecule has 0 aliphatic rings. The number of rotatable bonds is 11. The molecule has 2 amide bonds. The molecule has 2 N–H and O–H groups in total. The van der Waals surface area contributed by atoms with E-state index in [1.165, 1.54) is 30.0 Å². The van der Waals surface area contributed by atoms with Gasteiger partial charge in [0.05, 0.1) is 17.7 Å². The number of esters is 1. The van der Waals surface area contributed by atoms with Crippen LogP contribution in [0.3, 0.4) is 0 Å². The molecular weight excluding hydrogens is 527 g/mol. The molecule has 0 bridgehead atoms. The SMILES string of the molecule is CCCCOC(=O)c1ccc(NC(=O)C(Sc2ccc(NC(=O)c3ccccc3F)cc2)c2ccccc2)cc1. The number of ether oxygens (including phenoxy) is 1. The second kappa shape index (κ2) is 14.1. The van der Waals surface area contributed by atoms with Crippen molar-refractivity contribution < 1.29 is 23.5 Å². The Morgan fingerprint density at radius 3 is 2.10 bits per heavy atom. The van der Waals surface area contributed by atoms with Crippen molar-refractivity contribution in [3.63, 3.8) is 0 Å². The molecule has 0 aliphatic heterocycles. The predicted octanol–water partition coefficient (Wildman–Crippen LogP) is 7.51. The van der Waals surface area contributed by atoms with Gasteiger partial charge in [-0.25, -0.2) is 9.18 Å². The average Bonchev–Trinajstić information content (AvgIpc) is 2.97. The van der Waals surface area contributed by atoms with Crippen LogP contribution in [0.1, 0.15) is 51.3 Å². The molecule has 40 heavy (non-hydrogen) atoms. The Balaban J connectivity index is 1.43. The Bertz CT molecular complexity index is 1440. The molecule has 4 rings (SSSR count). The van der Waals surface area contributed by atoms with Crippen molar-refractivity contribution in [2.75, 3.05) is 17.2 Å². The third-order valence-corrected chi connectivity index (χ3v) is 7.21. The third-order valence-electron chi connectivity index (χ3n) is 5.94. The van der Waals surface area contributed by atoms with Crippen LogP contribution in [0.4, 0.5) is 15.8 Å². The van der Waals surface area contributed by atoms with Crippen LogP contribution in [0.15, 0.2) is 108 Å². The van der Waals surface area contributed by atoms with Gasteiger partial charge >= 0.3 is 5.97 Å². The maximum Gasteiger partial charge on any atom is 0.338 e. The number of anilines is 2. The molecule has 4 aromatic rings. The number of carbonyl (C=O) groups excluding carboxylic acids is 3. The van der Waals surface area contributed by atoms with Crippen molar-refractivity contribution in [2.24, 2.45) is 0 Å². The van der Waals surface area contributed by atoms with Crippen LogP contribution >= 0.6 is 11.8 Å². The zero-order chi connectivity index (χ0) is 28.3. The van der Waals surface area contributed by atoms with E-state index in [2.05, 4.69) is 10.6 Å². The topological polar surface area (TPSA) is 84.5 Å². The molecule has 1 atom stereocenters. The molecule has 0 aliphatic carbocycles. The molecular formula is C32H29FN2O4S. The zero-order valence-electron chi connectivity index (χ0n) is 21.9. The second-order valence-electron chi connectivity index (χ2n) is 8.92. The predicted molar refractivity (Wildman–Crippen MR) is 156 cm³/mol. The van der Waals surface area contributed by atoms with E-state index in [9.17, 15) is 18.8 Å². The summed E-state index contributed by atoms with van der Waals surface area (Å²) in [5, 5.41) is 5.06. The van der Waals surface area contributed by atoms with Crippen molar-refractivity contribution in [2.45, 2.75) is 29.9 Å². The normalized spacial score (nSPS) is 11.3. The average molecular weight is 557 g/mol. The van der Waals surface area contributed by atoms with E-state index in [-0.39, 0.29) is 11.5 Å². The number of carbonyl (C=O) groups is 3. The minimum Gasteiger partial charge on any atom is -0.462 e. The standard InChI is InChI=1S/C32H29FN2O4S/c1-2-3-21-39-32(38)23-13-15-24(16-14-23)35-31(37)29(22-9-5-4-6-10-22)40-26-19-17-25(18-20-26)34-30(36)27-11-7-8-12-28(27)33/h4-20,29H,2-3,21H2,1H3,(H,34,36)(H,35,37). The Kier molecular flexibility index (Phi) is 10.1. The fraction of sp³-hybridized carbons (Fsp3) is 0.156. The van der Waals surface area contributed by atoms with Gasteiger partial charge in [-0.2, -0.15) is 0 Å². The van der Waals surface area contributed by atoms with Gasteiger partial charge in [-0.3, -0.25) is 9.59 Å². The van der Waals surface area contributed by atoms with Crippen LogP contribution in [-0.4, -0.2) is 24.4 Å². The Labute approximate surface area is 237 Å². The first-order chi connectivity index (χ1) is 19.4. The van der Waals surface area contributed by atoms with Crippen molar-refractivity contribution in [1.82, 2.24) is 0 Å². The van der Waals surface area contributed by atoms with Gasteiger partial charge in [0.15, 0.2) is 0 Å². The summed E-state index contributed by atoms with van der Waals surface area (Å²) >= 11 is 1.36. The lowest BCUT2D eigenvalue weighted by Gasteiger charge is -2.17. The van der Waals surface area contributed by atoms with Crippen molar-refractivity contribution >= 4 is 40.9 Å². The second-order valence-corrected chi connectivity index (χ2v) is 10.1. The minimum absolute atomic E-state index is 0.0387. The molecule has 0 heterocycles. The summed E-state index contributed by atoms with van der Waals surface area (Å²) in [6.45, 7) is 2.40. The Morgan fingerprint density at radius 1 is 0.800 bits per heavy atom. The van der Waals surface area contributed by atoms with Crippen LogP contribution in [0, 0.1) is 5.82 Å². The number of hydrogen-bond acceptors (Lipinski definition) is 5. The molecule has 8 heteroatoms. The van der Waals surface area contributed by atoms with E-state index in [1.807, 2.05) is 37.3 Å². The summed E-state index contributed by atoms with van der Waals surface area (Å²) in [7, 11) is 0. The van der Waals surface area contributed by atoms with Crippen LogP contribution in [0.5, 0.6) is 0 Å². The summed E-state index contributed by atoms with van der Waals surface area (Å²) in [5.74, 6) is -1.75. The maximum absolute atomic E-state index is 13.9. The maximum atomic E-state index is 13.9. The lowest BCUT2D eigenvalue weighted by Crippen LogP contribution is -2.19. The van der Waals surface area contributed by atoms with Gasteiger partial charge < -0.3 is 15.4 Å². The van der Waals surface area contributed by atoms with Crippen LogP contribution in [-0.2, 0) is 9.53 Å². The number of unbranched alkanes of at least 4 members (excludes halogenated alkanes) is 1. The van der Waals surface area contributed by atoms with Gasteiger partial charge in [0.2, 0.25) is 5.91 Å². The highest BCUT2D eigenvalue weighted by Gasteiger charge is 2.22. The summed E-state index contributed by atoms with van der Waals surface area (Å²) in [6.07, 6.45) is 1.75. The fourth-order valence-corrected chi connectivity index (χ4v) is 4.81. The van der Waals surface area contributed by atoms with Gasteiger partial charge in [0.1, 0.15) is 11.1 Å². The lowest BCUT2D eigenvalue weighted by atomic mass is 10.1. The van der Waals surface area contributed by atoms with Crippen LogP contribution in [0.25, 0.3) is 0 Å². The van der Waals surface area contributed by atoms with Crippen molar-refractivity contribution in [3.8, 4) is 0 Å². The highest BCUT2D eigenvalue weighted by Crippen LogP contribution is 2.36. The first-order valence-corrected chi connectivity index (χ1v) is 13.8. The number of benzene rings is 4. The largest absolute Gasteiger partial charge is 0.462 e. The smallest absolute Gasteiger partial charge is 0.338 e. The molecule has 0 fully saturated rings. The summed E-state index contributed by atoms with van der Waals surface area (Å²) in [5.41, 5.74) is 2.26. The molecule has 204 valence electrons. The van der Waals surface area contributed by atoms with E-state index in [1.54, 1.807) is 54.6 Å².